The Morgan fingerprint density at radius 2 is 1.94 bits per heavy atom. The van der Waals surface area contributed by atoms with E-state index in [1.807, 2.05) is 0 Å². The number of sulfonamides is 1. The zero-order chi connectivity index (χ0) is 14.4. The average Bonchev–Trinajstić information content (AvgIpc) is 2.20. The summed E-state index contributed by atoms with van der Waals surface area (Å²) in [4.78, 5) is 12.0. The summed E-state index contributed by atoms with van der Waals surface area (Å²) in [6.45, 7) is 5.46. The minimum atomic E-state index is -3.43. The normalized spacial score (nSPS) is 14.3. The van der Waals surface area contributed by atoms with Gasteiger partial charge in [0.25, 0.3) is 0 Å². The molecule has 6 nitrogen and oxygen atoms in total. The molecule has 1 atom stereocenters. The third kappa shape index (κ3) is 6.93. The van der Waals surface area contributed by atoms with Crippen molar-refractivity contribution in [3.05, 3.63) is 0 Å². The van der Waals surface area contributed by atoms with E-state index in [4.69, 9.17) is 5.73 Å². The Morgan fingerprint density at radius 1 is 1.39 bits per heavy atom. The molecule has 0 fully saturated rings. The molecular formula is C11H25N3O3S. The van der Waals surface area contributed by atoms with E-state index in [9.17, 15) is 13.2 Å². The molecule has 18 heavy (non-hydrogen) atoms. The molecule has 0 aromatic rings. The van der Waals surface area contributed by atoms with Gasteiger partial charge in [0.05, 0.1) is 6.26 Å². The predicted molar refractivity (Wildman–Crippen MR) is 72.6 cm³/mol. The molecule has 0 spiro atoms. The van der Waals surface area contributed by atoms with Gasteiger partial charge >= 0.3 is 0 Å². The molecule has 0 saturated heterocycles. The first-order chi connectivity index (χ1) is 8.12. The minimum absolute atomic E-state index is 0.113. The molecule has 0 aromatic heterocycles. The molecule has 1 unspecified atom stereocenters. The SMILES string of the molecule is CCCCC(CN)NC(=O)C(C)(C)NS(C)(=O)=O. The van der Waals surface area contributed by atoms with E-state index >= 15 is 0 Å². The lowest BCUT2D eigenvalue weighted by atomic mass is 10.0. The number of hydrogen-bond acceptors (Lipinski definition) is 4. The van der Waals surface area contributed by atoms with Crippen molar-refractivity contribution in [3.63, 3.8) is 0 Å². The van der Waals surface area contributed by atoms with Crippen LogP contribution in [0.4, 0.5) is 0 Å². The second-order valence-electron chi connectivity index (χ2n) is 5.05. The number of carbonyl (C=O) groups is 1. The first-order valence-electron chi connectivity index (χ1n) is 6.12. The van der Waals surface area contributed by atoms with Gasteiger partial charge in [0.15, 0.2) is 0 Å². The summed E-state index contributed by atoms with van der Waals surface area (Å²) in [5.41, 5.74) is 4.41. The third-order valence-corrected chi connectivity index (χ3v) is 3.42. The first-order valence-corrected chi connectivity index (χ1v) is 8.01. The average molecular weight is 279 g/mol. The summed E-state index contributed by atoms with van der Waals surface area (Å²) in [6, 6.07) is -0.113. The molecule has 7 heteroatoms. The van der Waals surface area contributed by atoms with Gasteiger partial charge in [-0.15, -0.1) is 0 Å². The van der Waals surface area contributed by atoms with Crippen LogP contribution in [0.5, 0.6) is 0 Å². The van der Waals surface area contributed by atoms with E-state index in [-0.39, 0.29) is 11.9 Å². The van der Waals surface area contributed by atoms with Crippen LogP contribution >= 0.6 is 0 Å². The summed E-state index contributed by atoms with van der Waals surface area (Å²) < 4.78 is 24.6. The molecule has 0 heterocycles. The molecule has 0 aliphatic heterocycles. The summed E-state index contributed by atoms with van der Waals surface area (Å²) in [5, 5.41) is 2.77. The lowest BCUT2D eigenvalue weighted by molar-refractivity contribution is -0.126. The van der Waals surface area contributed by atoms with Crippen molar-refractivity contribution in [1.82, 2.24) is 10.0 Å². The van der Waals surface area contributed by atoms with Crippen molar-refractivity contribution in [2.45, 2.75) is 51.6 Å². The number of rotatable bonds is 8. The van der Waals surface area contributed by atoms with Crippen LogP contribution in [0.15, 0.2) is 0 Å². The fourth-order valence-electron chi connectivity index (χ4n) is 1.58. The maximum absolute atomic E-state index is 12.0. The summed E-state index contributed by atoms with van der Waals surface area (Å²) in [7, 11) is -3.43. The highest BCUT2D eigenvalue weighted by atomic mass is 32.2. The van der Waals surface area contributed by atoms with E-state index in [0.717, 1.165) is 25.5 Å². The maximum atomic E-state index is 12.0. The highest BCUT2D eigenvalue weighted by Crippen LogP contribution is 2.06. The molecule has 0 aromatic carbocycles. The van der Waals surface area contributed by atoms with Gasteiger partial charge in [-0.25, -0.2) is 13.1 Å². The molecule has 0 radical (unpaired) electrons. The fourth-order valence-corrected chi connectivity index (χ4v) is 2.59. The molecule has 0 saturated carbocycles. The van der Waals surface area contributed by atoms with Gasteiger partial charge in [0.1, 0.15) is 5.54 Å². The van der Waals surface area contributed by atoms with Crippen LogP contribution in [-0.4, -0.2) is 38.7 Å². The van der Waals surface area contributed by atoms with Crippen LogP contribution in [0.25, 0.3) is 0 Å². The number of unbranched alkanes of at least 4 members (excludes halogenated alkanes) is 1. The summed E-state index contributed by atoms with van der Waals surface area (Å²) in [5.74, 6) is -0.362. The smallest absolute Gasteiger partial charge is 0.240 e. The van der Waals surface area contributed by atoms with Gasteiger partial charge in [-0.3, -0.25) is 4.79 Å². The molecule has 0 aliphatic carbocycles. The maximum Gasteiger partial charge on any atom is 0.240 e. The van der Waals surface area contributed by atoms with Crippen LogP contribution in [0, 0.1) is 0 Å². The highest BCUT2D eigenvalue weighted by Gasteiger charge is 2.31. The second-order valence-corrected chi connectivity index (χ2v) is 6.80. The van der Waals surface area contributed by atoms with E-state index in [1.165, 1.54) is 13.8 Å². The van der Waals surface area contributed by atoms with E-state index < -0.39 is 15.6 Å². The van der Waals surface area contributed by atoms with Gasteiger partial charge in [0.2, 0.25) is 15.9 Å². The lowest BCUT2D eigenvalue weighted by Crippen LogP contribution is -2.57. The zero-order valence-electron chi connectivity index (χ0n) is 11.6. The molecule has 0 bridgehead atoms. The molecule has 1 amide bonds. The van der Waals surface area contributed by atoms with Crippen LogP contribution in [0.3, 0.4) is 0 Å². The van der Waals surface area contributed by atoms with Crippen LogP contribution in [0.1, 0.15) is 40.0 Å². The Kier molecular flexibility index (Phi) is 6.80. The standard InChI is InChI=1S/C11H25N3O3S/c1-5-6-7-9(8-12)13-10(15)11(2,3)14-18(4,16)17/h9,14H,5-8,12H2,1-4H3,(H,13,15). The largest absolute Gasteiger partial charge is 0.350 e. The fraction of sp³-hybridized carbons (Fsp3) is 0.909. The van der Waals surface area contributed by atoms with Crippen LogP contribution in [0.2, 0.25) is 0 Å². The third-order valence-electron chi connectivity index (χ3n) is 2.53. The molecule has 0 rings (SSSR count). The van der Waals surface area contributed by atoms with Crippen molar-refractivity contribution in [3.8, 4) is 0 Å². The summed E-state index contributed by atoms with van der Waals surface area (Å²) >= 11 is 0. The van der Waals surface area contributed by atoms with E-state index in [0.29, 0.717) is 6.54 Å². The summed E-state index contributed by atoms with van der Waals surface area (Å²) in [6.07, 6.45) is 3.83. The lowest BCUT2D eigenvalue weighted by Gasteiger charge is -2.27. The molecule has 108 valence electrons. The number of hydrogen-bond donors (Lipinski definition) is 3. The molecule has 4 N–H and O–H groups in total. The van der Waals surface area contributed by atoms with Crippen LogP contribution in [-0.2, 0) is 14.8 Å². The number of nitrogens with one attached hydrogen (secondary N) is 2. The van der Waals surface area contributed by atoms with Gasteiger partial charge in [-0.2, -0.15) is 0 Å². The van der Waals surface area contributed by atoms with Gasteiger partial charge < -0.3 is 11.1 Å². The number of nitrogens with two attached hydrogens (primary N) is 1. The minimum Gasteiger partial charge on any atom is -0.350 e. The van der Waals surface area contributed by atoms with Gasteiger partial charge in [-0.1, -0.05) is 19.8 Å². The van der Waals surface area contributed by atoms with Crippen molar-refractivity contribution < 1.29 is 13.2 Å². The zero-order valence-corrected chi connectivity index (χ0v) is 12.4. The van der Waals surface area contributed by atoms with Crippen molar-refractivity contribution >= 4 is 15.9 Å². The Hall–Kier alpha value is -0.660. The van der Waals surface area contributed by atoms with Crippen molar-refractivity contribution in [2.24, 2.45) is 5.73 Å². The predicted octanol–water partition coefficient (Wildman–Crippen LogP) is -0.0521. The highest BCUT2D eigenvalue weighted by molar-refractivity contribution is 7.88. The Morgan fingerprint density at radius 3 is 2.33 bits per heavy atom. The second kappa shape index (κ2) is 7.06. The number of carbonyl (C=O) groups excluding carboxylic acids is 1. The van der Waals surface area contributed by atoms with Crippen LogP contribution < -0.4 is 15.8 Å². The Labute approximate surface area is 110 Å². The quantitative estimate of drug-likeness (QED) is 0.579. The Bertz CT molecular complexity index is 366. The topological polar surface area (TPSA) is 101 Å². The first kappa shape index (κ1) is 17.3. The van der Waals surface area contributed by atoms with E-state index in [2.05, 4.69) is 17.0 Å². The van der Waals surface area contributed by atoms with Gasteiger partial charge in [0, 0.05) is 12.6 Å². The van der Waals surface area contributed by atoms with Crippen molar-refractivity contribution in [1.29, 1.82) is 0 Å². The monoisotopic (exact) mass is 279 g/mol. The molecule has 0 aliphatic rings. The molecular weight excluding hydrogens is 254 g/mol. The van der Waals surface area contributed by atoms with E-state index in [1.54, 1.807) is 0 Å². The number of amides is 1. The Balaban J connectivity index is 4.53. The van der Waals surface area contributed by atoms with Crippen molar-refractivity contribution in [2.75, 3.05) is 12.8 Å². The van der Waals surface area contributed by atoms with Gasteiger partial charge in [-0.05, 0) is 20.3 Å².